The number of nitrogens with zero attached hydrogens (tertiary/aromatic N) is 2. The van der Waals surface area contributed by atoms with Gasteiger partial charge in [-0.15, -0.1) is 11.3 Å². The van der Waals surface area contributed by atoms with Crippen LogP contribution in [0.2, 0.25) is 0 Å². The first-order valence-corrected chi connectivity index (χ1v) is 6.54. The van der Waals surface area contributed by atoms with Crippen LogP contribution < -0.4 is 0 Å². The maximum atomic E-state index is 11.7. The lowest BCUT2D eigenvalue weighted by molar-refractivity contribution is 0.0298. The van der Waals surface area contributed by atoms with Gasteiger partial charge in [-0.05, 0) is 20.8 Å². The zero-order valence-corrected chi connectivity index (χ0v) is 11.9. The maximum Gasteiger partial charge on any atom is 0.410 e. The van der Waals surface area contributed by atoms with Crippen molar-refractivity contribution in [3.63, 3.8) is 0 Å². The summed E-state index contributed by atoms with van der Waals surface area (Å²) in [7, 11) is 1.61. The van der Waals surface area contributed by atoms with Crippen molar-refractivity contribution in [2.45, 2.75) is 32.8 Å². The molecule has 0 saturated heterocycles. The fourth-order valence-corrected chi connectivity index (χ4v) is 1.77. The number of ether oxygens (including phenoxy) is 1. The molecule has 0 radical (unpaired) electrons. The lowest BCUT2D eigenvalue weighted by Gasteiger charge is -2.24. The van der Waals surface area contributed by atoms with Crippen molar-refractivity contribution in [2.75, 3.05) is 13.6 Å². The molecule has 0 aliphatic rings. The molecule has 1 aromatic rings. The highest BCUT2D eigenvalue weighted by Crippen LogP contribution is 2.11. The number of hydrogen-bond acceptors (Lipinski definition) is 5. The Balaban J connectivity index is 2.39. The molecule has 1 amide bonds. The number of thiazole rings is 1. The monoisotopic (exact) mass is 270 g/mol. The van der Waals surface area contributed by atoms with E-state index in [-0.39, 0.29) is 12.2 Å². The molecule has 0 aliphatic carbocycles. The minimum absolute atomic E-state index is 0.0552. The van der Waals surface area contributed by atoms with Crippen LogP contribution in [0.3, 0.4) is 0 Å². The first-order chi connectivity index (χ1) is 8.29. The van der Waals surface area contributed by atoms with Crippen molar-refractivity contribution < 1.29 is 14.3 Å². The van der Waals surface area contributed by atoms with E-state index in [1.807, 2.05) is 0 Å². The van der Waals surface area contributed by atoms with Gasteiger partial charge in [0.25, 0.3) is 0 Å². The molecule has 1 heterocycles. The molecule has 0 aliphatic heterocycles. The zero-order valence-electron chi connectivity index (χ0n) is 11.1. The van der Waals surface area contributed by atoms with Gasteiger partial charge in [0.2, 0.25) is 0 Å². The van der Waals surface area contributed by atoms with Crippen molar-refractivity contribution in [1.82, 2.24) is 9.88 Å². The number of carbonyl (C=O) groups is 2. The molecule has 0 unspecified atom stereocenters. The standard InChI is InChI=1S/C12H18N2O3S/c1-12(2,3)17-11(16)14(4)7-5-9(15)10-13-6-8-18-10/h6,8H,5,7H2,1-4H3. The molecule has 1 aromatic heterocycles. The molecule has 5 nitrogen and oxygen atoms in total. The molecule has 0 aromatic carbocycles. The molecule has 0 N–H and O–H groups in total. The second kappa shape index (κ2) is 5.95. The third-order valence-electron chi connectivity index (χ3n) is 2.05. The highest BCUT2D eigenvalue weighted by atomic mass is 32.1. The van der Waals surface area contributed by atoms with Crippen LogP contribution in [0, 0.1) is 0 Å². The average molecular weight is 270 g/mol. The zero-order chi connectivity index (χ0) is 13.8. The average Bonchev–Trinajstić information content (AvgIpc) is 2.76. The Labute approximate surface area is 111 Å². The Morgan fingerprint density at radius 1 is 1.44 bits per heavy atom. The van der Waals surface area contributed by atoms with E-state index in [0.29, 0.717) is 11.6 Å². The minimum Gasteiger partial charge on any atom is -0.444 e. The normalized spacial score (nSPS) is 11.1. The molecular formula is C12H18N2O3S. The first-order valence-electron chi connectivity index (χ1n) is 5.66. The molecule has 18 heavy (non-hydrogen) atoms. The van der Waals surface area contributed by atoms with Crippen LogP contribution in [0.4, 0.5) is 4.79 Å². The van der Waals surface area contributed by atoms with E-state index in [9.17, 15) is 9.59 Å². The van der Waals surface area contributed by atoms with Gasteiger partial charge in [0.05, 0.1) is 0 Å². The van der Waals surface area contributed by atoms with Crippen LogP contribution in [-0.4, -0.2) is 41.0 Å². The summed E-state index contributed by atoms with van der Waals surface area (Å²) in [5, 5.41) is 2.23. The van der Waals surface area contributed by atoms with Crippen LogP contribution in [0.1, 0.15) is 37.0 Å². The van der Waals surface area contributed by atoms with Gasteiger partial charge >= 0.3 is 6.09 Å². The minimum atomic E-state index is -0.523. The predicted octanol–water partition coefficient (Wildman–Crippen LogP) is 2.58. The molecule has 0 spiro atoms. The highest BCUT2D eigenvalue weighted by molar-refractivity contribution is 7.11. The summed E-state index contributed by atoms with van der Waals surface area (Å²) < 4.78 is 5.19. The number of aromatic nitrogens is 1. The molecule has 0 fully saturated rings. The molecule has 1 rings (SSSR count). The molecule has 0 atom stereocenters. The number of Topliss-reactive ketones (excluding diaryl/α,β-unsaturated/α-hetero) is 1. The number of hydrogen-bond donors (Lipinski definition) is 0. The number of amides is 1. The molecular weight excluding hydrogens is 252 g/mol. The predicted molar refractivity (Wildman–Crippen MR) is 69.9 cm³/mol. The second-order valence-electron chi connectivity index (χ2n) is 4.91. The third kappa shape index (κ3) is 4.83. The number of carbonyl (C=O) groups excluding carboxylic acids is 2. The Morgan fingerprint density at radius 2 is 2.11 bits per heavy atom. The van der Waals surface area contributed by atoms with Crippen LogP contribution >= 0.6 is 11.3 Å². The van der Waals surface area contributed by atoms with Gasteiger partial charge in [-0.2, -0.15) is 0 Å². The number of ketones is 1. The van der Waals surface area contributed by atoms with Crippen molar-refractivity contribution in [3.05, 3.63) is 16.6 Å². The van der Waals surface area contributed by atoms with E-state index in [2.05, 4.69) is 4.98 Å². The van der Waals surface area contributed by atoms with E-state index in [1.165, 1.54) is 16.2 Å². The largest absolute Gasteiger partial charge is 0.444 e. The molecule has 6 heteroatoms. The van der Waals surface area contributed by atoms with E-state index >= 15 is 0 Å². The smallest absolute Gasteiger partial charge is 0.410 e. The number of rotatable bonds is 4. The van der Waals surface area contributed by atoms with E-state index in [1.54, 1.807) is 39.4 Å². The van der Waals surface area contributed by atoms with Crippen LogP contribution in [0.5, 0.6) is 0 Å². The molecule has 100 valence electrons. The summed E-state index contributed by atoms with van der Waals surface area (Å²) in [4.78, 5) is 28.7. The van der Waals surface area contributed by atoms with Gasteiger partial charge in [0.15, 0.2) is 10.8 Å². The Morgan fingerprint density at radius 3 is 2.61 bits per heavy atom. The summed E-state index contributed by atoms with van der Waals surface area (Å²) in [5.41, 5.74) is -0.523. The fraction of sp³-hybridized carbons (Fsp3) is 0.583. The van der Waals surface area contributed by atoms with Crippen LogP contribution in [0.25, 0.3) is 0 Å². The maximum absolute atomic E-state index is 11.7. The topological polar surface area (TPSA) is 59.5 Å². The summed E-state index contributed by atoms with van der Waals surface area (Å²) in [6, 6.07) is 0. The Kier molecular flexibility index (Phi) is 4.84. The van der Waals surface area contributed by atoms with Crippen molar-refractivity contribution in [2.24, 2.45) is 0 Å². The third-order valence-corrected chi connectivity index (χ3v) is 2.86. The molecule has 0 saturated carbocycles. The van der Waals surface area contributed by atoms with Gasteiger partial charge in [0.1, 0.15) is 5.60 Å². The SMILES string of the molecule is CN(CCC(=O)c1nccs1)C(=O)OC(C)(C)C. The van der Waals surface area contributed by atoms with Crippen LogP contribution in [-0.2, 0) is 4.74 Å². The summed E-state index contributed by atoms with van der Waals surface area (Å²) in [6.07, 6.45) is 1.42. The summed E-state index contributed by atoms with van der Waals surface area (Å²) in [5.74, 6) is -0.0552. The van der Waals surface area contributed by atoms with E-state index < -0.39 is 11.7 Å². The van der Waals surface area contributed by atoms with Crippen molar-refractivity contribution >= 4 is 23.2 Å². The quantitative estimate of drug-likeness (QED) is 0.789. The van der Waals surface area contributed by atoms with Gasteiger partial charge in [-0.1, -0.05) is 0 Å². The van der Waals surface area contributed by atoms with E-state index in [4.69, 9.17) is 4.74 Å². The lowest BCUT2D eigenvalue weighted by Crippen LogP contribution is -2.35. The fourth-order valence-electron chi connectivity index (χ4n) is 1.17. The first kappa shape index (κ1) is 14.6. The van der Waals surface area contributed by atoms with Gasteiger partial charge in [0, 0.05) is 31.6 Å². The second-order valence-corrected chi connectivity index (χ2v) is 5.81. The lowest BCUT2D eigenvalue weighted by atomic mass is 10.2. The Hall–Kier alpha value is -1.43. The van der Waals surface area contributed by atoms with Crippen molar-refractivity contribution in [3.8, 4) is 0 Å². The van der Waals surface area contributed by atoms with Gasteiger partial charge < -0.3 is 9.64 Å². The van der Waals surface area contributed by atoms with Gasteiger partial charge in [-0.3, -0.25) is 4.79 Å². The summed E-state index contributed by atoms with van der Waals surface area (Å²) in [6.45, 7) is 5.74. The van der Waals surface area contributed by atoms with Crippen molar-refractivity contribution in [1.29, 1.82) is 0 Å². The molecule has 0 bridgehead atoms. The summed E-state index contributed by atoms with van der Waals surface area (Å²) >= 11 is 1.31. The van der Waals surface area contributed by atoms with E-state index in [0.717, 1.165) is 0 Å². The Bertz CT molecular complexity index is 409. The van der Waals surface area contributed by atoms with Crippen LogP contribution in [0.15, 0.2) is 11.6 Å². The highest BCUT2D eigenvalue weighted by Gasteiger charge is 2.20. The van der Waals surface area contributed by atoms with Gasteiger partial charge in [-0.25, -0.2) is 9.78 Å².